The third-order valence-corrected chi connectivity index (χ3v) is 4.23. The molecule has 0 atom stereocenters. The van der Waals surface area contributed by atoms with Crippen molar-refractivity contribution in [1.82, 2.24) is 0 Å². The summed E-state index contributed by atoms with van der Waals surface area (Å²) in [6.45, 7) is 1.21. The maximum absolute atomic E-state index is 13.3. The van der Waals surface area contributed by atoms with Crippen LogP contribution in [0, 0.1) is 6.92 Å². The molecule has 0 saturated carbocycles. The summed E-state index contributed by atoms with van der Waals surface area (Å²) in [7, 11) is 0. The summed E-state index contributed by atoms with van der Waals surface area (Å²) in [5.41, 5.74) is -7.30. The van der Waals surface area contributed by atoms with Crippen LogP contribution in [0.1, 0.15) is 27.8 Å². The van der Waals surface area contributed by atoms with E-state index in [-0.39, 0.29) is 12.1 Å². The Morgan fingerprint density at radius 1 is 0.828 bits per heavy atom. The van der Waals surface area contributed by atoms with Gasteiger partial charge in [0, 0.05) is 12.1 Å². The number of nitrogens with zero attached hydrogens (tertiary/aromatic N) is 1. The summed E-state index contributed by atoms with van der Waals surface area (Å²) < 4.78 is 125. The van der Waals surface area contributed by atoms with Crippen molar-refractivity contribution in [3.05, 3.63) is 58.1 Å². The molecule has 156 valence electrons. The van der Waals surface area contributed by atoms with Gasteiger partial charge in [-0.15, -0.1) is 0 Å². The van der Waals surface area contributed by atoms with E-state index in [1.165, 1.54) is 12.3 Å². The smallest absolute Gasteiger partial charge is 0.417 e. The van der Waals surface area contributed by atoms with Gasteiger partial charge in [0.05, 0.1) is 22.3 Å². The Kier molecular flexibility index (Phi) is 4.83. The van der Waals surface area contributed by atoms with Crippen LogP contribution in [-0.2, 0) is 18.5 Å². The second-order valence-electron chi connectivity index (χ2n) is 6.27. The Morgan fingerprint density at radius 2 is 1.38 bits per heavy atom. The molecule has 0 aliphatic carbocycles. The van der Waals surface area contributed by atoms with Crippen molar-refractivity contribution >= 4 is 11.9 Å². The first kappa shape index (κ1) is 21.0. The van der Waals surface area contributed by atoms with Crippen molar-refractivity contribution in [2.45, 2.75) is 25.5 Å². The van der Waals surface area contributed by atoms with Gasteiger partial charge in [0.15, 0.2) is 6.21 Å². The summed E-state index contributed by atoms with van der Waals surface area (Å²) in [6.07, 6.45) is -16.0. The largest absolute Gasteiger partial charge is 0.435 e. The fourth-order valence-electron chi connectivity index (χ4n) is 3.01. The van der Waals surface area contributed by atoms with Crippen LogP contribution >= 0.6 is 0 Å². The molecule has 0 amide bonds. The molecule has 1 aliphatic rings. The first-order valence-electron chi connectivity index (χ1n) is 7.93. The number of benzene rings is 2. The quantitative estimate of drug-likeness (QED) is 0.391. The lowest BCUT2D eigenvalue weighted by molar-refractivity contribution is -0.476. The topological polar surface area (TPSA) is 12.2 Å². The molecule has 0 N–H and O–H groups in total. The van der Waals surface area contributed by atoms with Gasteiger partial charge >= 0.3 is 18.5 Å². The molecule has 0 radical (unpaired) electrons. The maximum atomic E-state index is 13.3. The Bertz CT molecular complexity index is 949. The van der Waals surface area contributed by atoms with Crippen LogP contribution in [0.3, 0.4) is 0 Å². The number of para-hydroxylation sites is 1. The third kappa shape index (κ3) is 4.03. The molecular formula is C18H11F9NO+. The Hall–Kier alpha value is -2.72. The Balaban J connectivity index is 2.30. The van der Waals surface area contributed by atoms with Gasteiger partial charge in [-0.05, 0) is 18.6 Å². The van der Waals surface area contributed by atoms with E-state index in [1.54, 1.807) is 19.1 Å². The fraction of sp³-hybridized carbons (Fsp3) is 0.278. The van der Waals surface area contributed by atoms with Crippen LogP contribution in [0.25, 0.3) is 0 Å². The first-order valence-corrected chi connectivity index (χ1v) is 7.93. The summed E-state index contributed by atoms with van der Waals surface area (Å²) in [6, 6.07) is 4.86. The summed E-state index contributed by atoms with van der Waals surface area (Å²) in [5, 5.41) is 0. The molecule has 1 heterocycles. The van der Waals surface area contributed by atoms with Gasteiger partial charge in [0.25, 0.3) is 6.73 Å². The third-order valence-electron chi connectivity index (χ3n) is 4.23. The minimum atomic E-state index is -5.86. The average Bonchev–Trinajstić information content (AvgIpc) is 2.58. The van der Waals surface area contributed by atoms with E-state index in [0.29, 0.717) is 16.9 Å². The molecule has 0 aromatic heterocycles. The van der Waals surface area contributed by atoms with E-state index >= 15 is 0 Å². The summed E-state index contributed by atoms with van der Waals surface area (Å²) in [5.74, 6) is 0.378. The van der Waals surface area contributed by atoms with Crippen LogP contribution < -0.4 is 4.74 Å². The van der Waals surface area contributed by atoms with Crippen LogP contribution in [-0.4, -0.2) is 17.5 Å². The lowest BCUT2D eigenvalue weighted by Crippen LogP contribution is -2.26. The molecular weight excluding hydrogens is 417 g/mol. The average molecular weight is 428 g/mol. The zero-order valence-electron chi connectivity index (χ0n) is 14.4. The van der Waals surface area contributed by atoms with Crippen LogP contribution in [0.2, 0.25) is 0 Å². The van der Waals surface area contributed by atoms with Gasteiger partial charge in [0.2, 0.25) is 5.69 Å². The van der Waals surface area contributed by atoms with E-state index in [2.05, 4.69) is 0 Å². The van der Waals surface area contributed by atoms with Gasteiger partial charge in [-0.1, -0.05) is 12.1 Å². The van der Waals surface area contributed by atoms with E-state index < -0.39 is 47.6 Å². The van der Waals surface area contributed by atoms with Gasteiger partial charge in [-0.2, -0.15) is 44.1 Å². The molecule has 0 spiro atoms. The minimum absolute atomic E-state index is 0.0404. The number of aryl methyl sites for hydroxylation is 1. The zero-order valence-corrected chi connectivity index (χ0v) is 14.4. The van der Waals surface area contributed by atoms with E-state index in [9.17, 15) is 39.5 Å². The maximum Gasteiger partial charge on any atom is 0.417 e. The van der Waals surface area contributed by atoms with Crippen molar-refractivity contribution < 1.29 is 48.8 Å². The molecule has 0 unspecified atom stereocenters. The molecule has 2 nitrogen and oxygen atoms in total. The van der Waals surface area contributed by atoms with E-state index in [0.717, 1.165) is 4.58 Å². The van der Waals surface area contributed by atoms with E-state index in [4.69, 9.17) is 4.74 Å². The second kappa shape index (κ2) is 6.67. The number of ether oxygens (including phenoxy) is 1. The van der Waals surface area contributed by atoms with Crippen molar-refractivity contribution in [1.29, 1.82) is 0 Å². The molecule has 2 aromatic carbocycles. The van der Waals surface area contributed by atoms with Gasteiger partial charge in [-0.3, -0.25) is 0 Å². The summed E-state index contributed by atoms with van der Waals surface area (Å²) in [4.78, 5) is 0. The Labute approximate surface area is 157 Å². The van der Waals surface area contributed by atoms with Crippen molar-refractivity contribution in [2.75, 3.05) is 6.73 Å². The molecule has 1 aliphatic heterocycles. The van der Waals surface area contributed by atoms with Crippen molar-refractivity contribution in [2.24, 2.45) is 0 Å². The molecule has 0 saturated heterocycles. The minimum Gasteiger partial charge on any atom is -0.435 e. The predicted molar refractivity (Wildman–Crippen MR) is 83.2 cm³/mol. The number of halogens is 9. The molecule has 3 rings (SSSR count). The summed E-state index contributed by atoms with van der Waals surface area (Å²) >= 11 is 0. The highest BCUT2D eigenvalue weighted by Crippen LogP contribution is 2.48. The van der Waals surface area contributed by atoms with Crippen LogP contribution in [0.15, 0.2) is 30.3 Å². The SMILES string of the molecule is Cc1cccc2c1OC[N+](c1cc(C(F)(F)F)c(C(F)(F)F)c(C(F)(F)F)c1)=C2. The highest BCUT2D eigenvalue weighted by atomic mass is 19.4. The lowest BCUT2D eigenvalue weighted by atomic mass is 9.97. The van der Waals surface area contributed by atoms with Gasteiger partial charge < -0.3 is 4.74 Å². The van der Waals surface area contributed by atoms with Crippen LogP contribution in [0.5, 0.6) is 5.75 Å². The van der Waals surface area contributed by atoms with Gasteiger partial charge in [-0.25, -0.2) is 0 Å². The number of fused-ring (bicyclic) bond motifs is 1. The lowest BCUT2D eigenvalue weighted by Gasteiger charge is -2.22. The first-order chi connectivity index (χ1) is 13.2. The normalized spacial score (nSPS) is 14.9. The Morgan fingerprint density at radius 3 is 1.86 bits per heavy atom. The standard InChI is InChI=1S/C18H11F9NO/c1-9-3-2-4-10-7-28(8-29-15(9)10)11-5-12(16(19,20)21)14(18(25,26)27)13(6-11)17(22,23)24/h2-7H,8H2,1H3/q+1. The highest BCUT2D eigenvalue weighted by molar-refractivity contribution is 5.82. The van der Waals surface area contributed by atoms with Crippen LogP contribution in [0.4, 0.5) is 45.2 Å². The highest BCUT2D eigenvalue weighted by Gasteiger charge is 2.51. The molecule has 29 heavy (non-hydrogen) atoms. The molecule has 0 bridgehead atoms. The monoisotopic (exact) mass is 428 g/mol. The number of alkyl halides is 9. The number of hydrogen-bond acceptors (Lipinski definition) is 1. The number of hydrogen-bond donors (Lipinski definition) is 0. The second-order valence-corrected chi connectivity index (χ2v) is 6.27. The fourth-order valence-corrected chi connectivity index (χ4v) is 3.01. The molecule has 11 heteroatoms. The van der Waals surface area contributed by atoms with Crippen molar-refractivity contribution in [3.63, 3.8) is 0 Å². The molecule has 2 aromatic rings. The zero-order chi connectivity index (χ0) is 21.8. The predicted octanol–water partition coefficient (Wildman–Crippen LogP) is 6.16. The molecule has 0 fully saturated rings. The van der Waals surface area contributed by atoms with E-state index in [1.807, 2.05) is 0 Å². The van der Waals surface area contributed by atoms with Gasteiger partial charge in [0.1, 0.15) is 5.75 Å². The number of rotatable bonds is 1. The van der Waals surface area contributed by atoms with Crippen molar-refractivity contribution in [3.8, 4) is 5.75 Å².